The van der Waals surface area contributed by atoms with Gasteiger partial charge in [0.05, 0.1) is 16.0 Å². The van der Waals surface area contributed by atoms with Gasteiger partial charge in [0.15, 0.2) is 0 Å². The number of thioether (sulfide) groups is 1. The average Bonchev–Trinajstić information content (AvgIpc) is 3.14. The van der Waals surface area contributed by atoms with E-state index in [2.05, 4.69) is 5.32 Å². The minimum atomic E-state index is -0.658. The molecule has 1 fully saturated rings. The number of amides is 2. The van der Waals surface area contributed by atoms with Crippen molar-refractivity contribution in [1.29, 1.82) is 5.26 Å². The third-order valence-corrected chi connectivity index (χ3v) is 7.53. The van der Waals surface area contributed by atoms with Gasteiger partial charge in [-0.2, -0.15) is 5.26 Å². The summed E-state index contributed by atoms with van der Waals surface area (Å²) >= 11 is 19.8. The van der Waals surface area contributed by atoms with E-state index in [4.69, 9.17) is 34.8 Å². The predicted octanol–water partition coefficient (Wildman–Crippen LogP) is 7.02. The first-order valence-corrected chi connectivity index (χ1v) is 12.5. The van der Waals surface area contributed by atoms with Crippen molar-refractivity contribution in [3.8, 4) is 6.07 Å². The van der Waals surface area contributed by atoms with E-state index in [-0.39, 0.29) is 22.9 Å². The summed E-state index contributed by atoms with van der Waals surface area (Å²) in [4.78, 5) is 28.1. The fraction of sp³-hybridized carbons (Fsp3) is 0.115. The molecule has 176 valence electrons. The van der Waals surface area contributed by atoms with E-state index in [1.807, 2.05) is 25.1 Å². The Hall–Kier alpha value is -2.95. The van der Waals surface area contributed by atoms with Gasteiger partial charge < -0.3 is 5.32 Å². The highest BCUT2D eigenvalue weighted by atomic mass is 35.5. The quantitative estimate of drug-likeness (QED) is 0.278. The number of carbonyl (C=O) groups excluding carboxylic acids is 2. The zero-order valence-electron chi connectivity index (χ0n) is 18.4. The molecule has 3 aromatic carbocycles. The van der Waals surface area contributed by atoms with Crippen LogP contribution in [-0.4, -0.2) is 17.1 Å². The number of nitrogens with zero attached hydrogens (tertiary/aromatic N) is 2. The smallest absolute Gasteiger partial charge is 0.269 e. The van der Waals surface area contributed by atoms with E-state index in [1.165, 1.54) is 4.90 Å². The van der Waals surface area contributed by atoms with Gasteiger partial charge in [0.2, 0.25) is 5.91 Å². The molecule has 0 aromatic heterocycles. The lowest BCUT2D eigenvalue weighted by atomic mass is 10.1. The zero-order valence-corrected chi connectivity index (χ0v) is 21.5. The molecule has 1 aliphatic rings. The Bertz CT molecular complexity index is 1380. The highest BCUT2D eigenvalue weighted by Gasteiger charge is 2.41. The van der Waals surface area contributed by atoms with Crippen LogP contribution in [0.3, 0.4) is 0 Å². The Labute approximate surface area is 222 Å². The van der Waals surface area contributed by atoms with E-state index in [0.717, 1.165) is 17.3 Å². The Morgan fingerprint density at radius 2 is 1.77 bits per heavy atom. The second-order valence-electron chi connectivity index (χ2n) is 7.78. The monoisotopic (exact) mass is 541 g/mol. The van der Waals surface area contributed by atoms with Crippen LogP contribution in [0.5, 0.6) is 0 Å². The molecule has 3 aromatic rings. The van der Waals surface area contributed by atoms with Gasteiger partial charge in [0.25, 0.3) is 5.91 Å². The van der Waals surface area contributed by atoms with Crippen molar-refractivity contribution >= 4 is 69.8 Å². The summed E-state index contributed by atoms with van der Waals surface area (Å²) in [6.07, 6.45) is 0.277. The van der Waals surface area contributed by atoms with Crippen molar-refractivity contribution in [3.05, 3.63) is 104 Å². The van der Waals surface area contributed by atoms with Crippen LogP contribution in [0.1, 0.15) is 11.1 Å². The number of rotatable bonds is 5. The van der Waals surface area contributed by atoms with Gasteiger partial charge in [-0.25, -0.2) is 0 Å². The number of para-hydroxylation sites is 1. The molecule has 0 aliphatic carbocycles. The van der Waals surface area contributed by atoms with Gasteiger partial charge in [-0.15, -0.1) is 0 Å². The van der Waals surface area contributed by atoms with Crippen molar-refractivity contribution < 1.29 is 9.59 Å². The molecule has 1 N–H and O–H groups in total. The Morgan fingerprint density at radius 1 is 1.06 bits per heavy atom. The van der Waals surface area contributed by atoms with Crippen molar-refractivity contribution in [2.24, 2.45) is 0 Å². The zero-order chi connectivity index (χ0) is 25.1. The average molecular weight is 543 g/mol. The van der Waals surface area contributed by atoms with E-state index in [1.54, 1.807) is 54.6 Å². The van der Waals surface area contributed by atoms with Crippen LogP contribution < -0.4 is 10.2 Å². The minimum Gasteiger partial charge on any atom is -0.320 e. The van der Waals surface area contributed by atoms with Gasteiger partial charge >= 0.3 is 0 Å². The Kier molecular flexibility index (Phi) is 7.73. The summed E-state index contributed by atoms with van der Waals surface area (Å²) < 4.78 is 0. The van der Waals surface area contributed by atoms with Gasteiger partial charge in [0, 0.05) is 15.7 Å². The lowest BCUT2D eigenvalue weighted by molar-refractivity contribution is -0.117. The number of hydrogen-bond donors (Lipinski definition) is 1. The second-order valence-corrected chi connectivity index (χ2v) is 10.2. The number of anilines is 2. The number of halogens is 3. The number of benzene rings is 3. The first-order chi connectivity index (χ1) is 16.8. The molecule has 0 saturated carbocycles. The van der Waals surface area contributed by atoms with Crippen molar-refractivity contribution in [3.63, 3.8) is 0 Å². The van der Waals surface area contributed by atoms with E-state index in [0.29, 0.717) is 32.0 Å². The molecule has 9 heteroatoms. The summed E-state index contributed by atoms with van der Waals surface area (Å²) in [7, 11) is 0. The van der Waals surface area contributed by atoms with Gasteiger partial charge in [0.1, 0.15) is 16.7 Å². The molecule has 1 aliphatic heterocycles. The molecule has 0 spiro atoms. The fourth-order valence-corrected chi connectivity index (χ4v) is 5.43. The summed E-state index contributed by atoms with van der Waals surface area (Å²) in [5, 5.41) is 13.6. The molecular formula is C26H18Cl3N3O2S. The van der Waals surface area contributed by atoms with E-state index >= 15 is 0 Å². The van der Waals surface area contributed by atoms with Crippen molar-refractivity contribution in [2.75, 3.05) is 10.2 Å². The molecule has 2 amide bonds. The fourth-order valence-electron chi connectivity index (χ4n) is 3.56. The first-order valence-electron chi connectivity index (χ1n) is 10.5. The molecule has 0 radical (unpaired) electrons. The molecule has 1 saturated heterocycles. The number of nitrogens with one attached hydrogen (secondary N) is 1. The topological polar surface area (TPSA) is 73.2 Å². The van der Waals surface area contributed by atoms with Crippen LogP contribution in [0.4, 0.5) is 11.4 Å². The number of aryl methyl sites for hydroxylation is 1. The SMILES string of the molecule is Cc1ccc(N2C(=O)[C@H](Cc3cc(Cl)ccc3Cl)S/C2=C(/C#N)C(=O)Nc2ccccc2Cl)cc1. The normalized spacial score (nSPS) is 16.7. The lowest BCUT2D eigenvalue weighted by Gasteiger charge is -2.19. The largest absolute Gasteiger partial charge is 0.320 e. The molecular weight excluding hydrogens is 525 g/mol. The summed E-state index contributed by atoms with van der Waals surface area (Å²) in [5.41, 5.74) is 2.45. The van der Waals surface area contributed by atoms with Gasteiger partial charge in [-0.3, -0.25) is 14.5 Å². The van der Waals surface area contributed by atoms with Crippen LogP contribution in [-0.2, 0) is 16.0 Å². The van der Waals surface area contributed by atoms with Crippen LogP contribution >= 0.6 is 46.6 Å². The van der Waals surface area contributed by atoms with E-state index < -0.39 is 11.2 Å². The maximum Gasteiger partial charge on any atom is 0.269 e. The maximum atomic E-state index is 13.6. The van der Waals surface area contributed by atoms with Crippen LogP contribution in [0.25, 0.3) is 0 Å². The third-order valence-electron chi connectivity index (χ3n) is 5.33. The molecule has 35 heavy (non-hydrogen) atoms. The van der Waals surface area contributed by atoms with Gasteiger partial charge in [-0.1, -0.05) is 76.4 Å². The van der Waals surface area contributed by atoms with Crippen LogP contribution in [0, 0.1) is 18.3 Å². The molecule has 5 nitrogen and oxygen atoms in total. The minimum absolute atomic E-state index is 0.191. The summed E-state index contributed by atoms with van der Waals surface area (Å²) in [5.74, 6) is -0.919. The Balaban J connectivity index is 1.75. The third kappa shape index (κ3) is 5.50. The molecule has 0 unspecified atom stereocenters. The highest BCUT2D eigenvalue weighted by molar-refractivity contribution is 8.05. The lowest BCUT2D eigenvalue weighted by Crippen LogP contribution is -2.31. The number of nitriles is 1. The maximum absolute atomic E-state index is 13.6. The van der Waals surface area contributed by atoms with Crippen LogP contribution in [0.2, 0.25) is 15.1 Å². The standard InChI is InChI=1S/C26H18Cl3N3O2S/c1-15-6-9-18(10-7-15)32-25(34)23(13-16-12-17(27)8-11-20(16)28)35-26(32)19(14-30)24(33)31-22-5-3-2-4-21(22)29/h2-12,23H,13H2,1H3,(H,31,33)/b26-19-/t23-/m0/s1. The number of hydrogen-bond acceptors (Lipinski definition) is 4. The van der Waals surface area contributed by atoms with Crippen LogP contribution in [0.15, 0.2) is 77.3 Å². The second kappa shape index (κ2) is 10.8. The molecule has 0 bridgehead atoms. The van der Waals surface area contributed by atoms with E-state index in [9.17, 15) is 14.9 Å². The van der Waals surface area contributed by atoms with Crippen molar-refractivity contribution in [1.82, 2.24) is 0 Å². The van der Waals surface area contributed by atoms with Gasteiger partial charge in [-0.05, 0) is 61.4 Å². The molecule has 1 heterocycles. The highest BCUT2D eigenvalue weighted by Crippen LogP contribution is 2.43. The summed E-state index contributed by atoms with van der Waals surface area (Å²) in [6.45, 7) is 1.93. The first kappa shape index (κ1) is 25.2. The molecule has 4 rings (SSSR count). The molecule has 1 atom stereocenters. The predicted molar refractivity (Wildman–Crippen MR) is 143 cm³/mol. The number of carbonyl (C=O) groups is 2. The summed E-state index contributed by atoms with van der Waals surface area (Å²) in [6, 6.07) is 21.1. The Morgan fingerprint density at radius 3 is 2.46 bits per heavy atom. The van der Waals surface area contributed by atoms with Crippen molar-refractivity contribution in [2.45, 2.75) is 18.6 Å².